The van der Waals surface area contributed by atoms with E-state index in [-0.39, 0.29) is 12.6 Å². The lowest BCUT2D eigenvalue weighted by atomic mass is 9.93. The standard InChI is InChI=1S/C13H19NO/c1-10-4-2-5-11(8-10)13-7-3-6-12(9-15)14-13/h2,4-5,8,12-15H,3,6-7,9H2,1H3. The Balaban J connectivity index is 2.09. The molecule has 2 N–H and O–H groups in total. The van der Waals surface area contributed by atoms with Crippen LogP contribution in [0.2, 0.25) is 0 Å². The highest BCUT2D eigenvalue weighted by molar-refractivity contribution is 5.25. The van der Waals surface area contributed by atoms with E-state index in [4.69, 9.17) is 5.11 Å². The summed E-state index contributed by atoms with van der Waals surface area (Å²) in [5.41, 5.74) is 2.66. The van der Waals surface area contributed by atoms with Crippen molar-refractivity contribution in [3.05, 3.63) is 35.4 Å². The summed E-state index contributed by atoms with van der Waals surface area (Å²) in [5, 5.41) is 12.6. The van der Waals surface area contributed by atoms with Crippen LogP contribution >= 0.6 is 0 Å². The van der Waals surface area contributed by atoms with Crippen LogP contribution in [0, 0.1) is 6.92 Å². The summed E-state index contributed by atoms with van der Waals surface area (Å²) in [6, 6.07) is 9.34. The Morgan fingerprint density at radius 1 is 1.40 bits per heavy atom. The van der Waals surface area contributed by atoms with Gasteiger partial charge in [-0.05, 0) is 31.7 Å². The van der Waals surface area contributed by atoms with Crippen LogP contribution in [0.25, 0.3) is 0 Å². The Labute approximate surface area is 91.3 Å². The summed E-state index contributed by atoms with van der Waals surface area (Å²) >= 11 is 0. The normalized spacial score (nSPS) is 26.5. The zero-order chi connectivity index (χ0) is 10.7. The van der Waals surface area contributed by atoms with Gasteiger partial charge in [-0.25, -0.2) is 0 Å². The van der Waals surface area contributed by atoms with E-state index >= 15 is 0 Å². The molecule has 2 nitrogen and oxygen atoms in total. The molecule has 1 heterocycles. The minimum Gasteiger partial charge on any atom is -0.395 e. The maximum Gasteiger partial charge on any atom is 0.0584 e. The largest absolute Gasteiger partial charge is 0.395 e. The van der Waals surface area contributed by atoms with E-state index < -0.39 is 0 Å². The molecule has 0 aromatic heterocycles. The van der Waals surface area contributed by atoms with Gasteiger partial charge in [0.1, 0.15) is 0 Å². The smallest absolute Gasteiger partial charge is 0.0584 e. The molecule has 15 heavy (non-hydrogen) atoms. The number of benzene rings is 1. The third kappa shape index (κ3) is 2.58. The molecule has 1 aliphatic rings. The zero-order valence-corrected chi connectivity index (χ0v) is 9.24. The number of hydrogen-bond acceptors (Lipinski definition) is 2. The number of nitrogens with one attached hydrogen (secondary N) is 1. The van der Waals surface area contributed by atoms with Crippen LogP contribution in [-0.2, 0) is 0 Å². The highest BCUT2D eigenvalue weighted by atomic mass is 16.3. The highest BCUT2D eigenvalue weighted by Gasteiger charge is 2.21. The summed E-state index contributed by atoms with van der Waals surface area (Å²) in [7, 11) is 0. The molecule has 0 spiro atoms. The molecule has 0 aliphatic carbocycles. The predicted molar refractivity (Wildman–Crippen MR) is 61.8 cm³/mol. The first-order valence-electron chi connectivity index (χ1n) is 5.73. The fraction of sp³-hybridized carbons (Fsp3) is 0.538. The van der Waals surface area contributed by atoms with Crippen molar-refractivity contribution in [3.63, 3.8) is 0 Å². The van der Waals surface area contributed by atoms with Gasteiger partial charge in [0.25, 0.3) is 0 Å². The molecule has 0 bridgehead atoms. The molecule has 1 aromatic carbocycles. The quantitative estimate of drug-likeness (QED) is 0.775. The number of aryl methyl sites for hydroxylation is 1. The fourth-order valence-corrected chi connectivity index (χ4v) is 2.31. The van der Waals surface area contributed by atoms with Gasteiger partial charge in [-0.3, -0.25) is 0 Å². The van der Waals surface area contributed by atoms with Gasteiger partial charge in [-0.15, -0.1) is 0 Å². The van der Waals surface area contributed by atoms with Crippen molar-refractivity contribution in [2.75, 3.05) is 6.61 Å². The number of hydrogen-bond donors (Lipinski definition) is 2. The number of aliphatic hydroxyl groups is 1. The first-order valence-corrected chi connectivity index (χ1v) is 5.73. The second-order valence-electron chi connectivity index (χ2n) is 4.44. The van der Waals surface area contributed by atoms with Crippen LogP contribution in [0.1, 0.15) is 36.4 Å². The van der Waals surface area contributed by atoms with E-state index in [0.29, 0.717) is 6.04 Å². The summed E-state index contributed by atoms with van der Waals surface area (Å²) in [6.07, 6.45) is 3.48. The SMILES string of the molecule is Cc1cccc(C2CCCC(CO)N2)c1. The van der Waals surface area contributed by atoms with E-state index in [1.807, 2.05) is 0 Å². The van der Waals surface area contributed by atoms with Gasteiger partial charge in [0.15, 0.2) is 0 Å². The lowest BCUT2D eigenvalue weighted by Crippen LogP contribution is -2.39. The summed E-state index contributed by atoms with van der Waals surface area (Å²) < 4.78 is 0. The molecule has 1 aromatic rings. The monoisotopic (exact) mass is 205 g/mol. The van der Waals surface area contributed by atoms with E-state index in [2.05, 4.69) is 36.5 Å². The van der Waals surface area contributed by atoms with Gasteiger partial charge in [-0.1, -0.05) is 29.8 Å². The molecule has 1 fully saturated rings. The molecule has 0 amide bonds. The van der Waals surface area contributed by atoms with Crippen LogP contribution in [0.5, 0.6) is 0 Å². The molecule has 2 heteroatoms. The molecular weight excluding hydrogens is 186 g/mol. The molecule has 2 unspecified atom stereocenters. The van der Waals surface area contributed by atoms with Crippen molar-refractivity contribution < 1.29 is 5.11 Å². The van der Waals surface area contributed by atoms with Gasteiger partial charge in [0, 0.05) is 12.1 Å². The molecule has 0 radical (unpaired) electrons. The highest BCUT2D eigenvalue weighted by Crippen LogP contribution is 2.25. The Morgan fingerprint density at radius 2 is 2.27 bits per heavy atom. The molecule has 82 valence electrons. The number of aliphatic hydroxyl groups excluding tert-OH is 1. The lowest BCUT2D eigenvalue weighted by Gasteiger charge is -2.30. The maximum absolute atomic E-state index is 9.15. The Hall–Kier alpha value is -0.860. The van der Waals surface area contributed by atoms with E-state index in [0.717, 1.165) is 6.42 Å². The third-order valence-electron chi connectivity index (χ3n) is 3.15. The van der Waals surface area contributed by atoms with E-state index in [1.54, 1.807) is 0 Å². The van der Waals surface area contributed by atoms with Crippen LogP contribution in [0.4, 0.5) is 0 Å². The van der Waals surface area contributed by atoms with Gasteiger partial charge < -0.3 is 10.4 Å². The second-order valence-corrected chi connectivity index (χ2v) is 4.44. The summed E-state index contributed by atoms with van der Waals surface area (Å²) in [6.45, 7) is 2.37. The molecule has 2 atom stereocenters. The zero-order valence-electron chi connectivity index (χ0n) is 9.24. The Morgan fingerprint density at radius 3 is 3.00 bits per heavy atom. The Bertz CT molecular complexity index is 324. The average molecular weight is 205 g/mol. The first-order chi connectivity index (χ1) is 7.29. The van der Waals surface area contributed by atoms with Gasteiger partial charge in [0.05, 0.1) is 6.61 Å². The van der Waals surface area contributed by atoms with Gasteiger partial charge in [-0.2, -0.15) is 0 Å². The lowest BCUT2D eigenvalue weighted by molar-refractivity contribution is 0.198. The van der Waals surface area contributed by atoms with Gasteiger partial charge in [0.2, 0.25) is 0 Å². The maximum atomic E-state index is 9.15. The first kappa shape index (κ1) is 10.7. The predicted octanol–water partition coefficient (Wildman–Crippen LogP) is 2.17. The molecular formula is C13H19NO. The molecule has 0 saturated carbocycles. The minimum absolute atomic E-state index is 0.252. The van der Waals surface area contributed by atoms with E-state index in [9.17, 15) is 0 Å². The van der Waals surface area contributed by atoms with Crippen LogP contribution < -0.4 is 5.32 Å². The topological polar surface area (TPSA) is 32.3 Å². The van der Waals surface area contributed by atoms with Gasteiger partial charge >= 0.3 is 0 Å². The van der Waals surface area contributed by atoms with Crippen molar-refractivity contribution in [2.45, 2.75) is 38.3 Å². The van der Waals surface area contributed by atoms with Crippen molar-refractivity contribution in [1.29, 1.82) is 0 Å². The van der Waals surface area contributed by atoms with Crippen molar-refractivity contribution in [3.8, 4) is 0 Å². The van der Waals surface area contributed by atoms with Crippen LogP contribution in [0.15, 0.2) is 24.3 Å². The van der Waals surface area contributed by atoms with Crippen molar-refractivity contribution in [1.82, 2.24) is 5.32 Å². The molecule has 2 rings (SSSR count). The summed E-state index contributed by atoms with van der Waals surface area (Å²) in [4.78, 5) is 0. The Kier molecular flexibility index (Phi) is 3.39. The van der Waals surface area contributed by atoms with Crippen LogP contribution in [0.3, 0.4) is 0 Å². The van der Waals surface area contributed by atoms with E-state index in [1.165, 1.54) is 24.0 Å². The van der Waals surface area contributed by atoms with Crippen molar-refractivity contribution >= 4 is 0 Å². The summed E-state index contributed by atoms with van der Waals surface area (Å²) in [5.74, 6) is 0. The minimum atomic E-state index is 0.252. The third-order valence-corrected chi connectivity index (χ3v) is 3.15. The number of rotatable bonds is 2. The van der Waals surface area contributed by atoms with Crippen LogP contribution in [-0.4, -0.2) is 17.8 Å². The fourth-order valence-electron chi connectivity index (χ4n) is 2.31. The molecule has 1 saturated heterocycles. The molecule has 1 aliphatic heterocycles. The average Bonchev–Trinajstić information content (AvgIpc) is 2.29. The van der Waals surface area contributed by atoms with Crippen molar-refractivity contribution in [2.24, 2.45) is 0 Å². The second kappa shape index (κ2) is 4.77. The number of piperidine rings is 1.